The van der Waals surface area contributed by atoms with E-state index in [9.17, 15) is 0 Å². The molecule has 1 aliphatic rings. The molecule has 0 aromatic heterocycles. The van der Waals surface area contributed by atoms with Crippen molar-refractivity contribution in [2.24, 2.45) is 5.73 Å². The van der Waals surface area contributed by atoms with E-state index >= 15 is 0 Å². The van der Waals surface area contributed by atoms with Crippen molar-refractivity contribution < 1.29 is 4.74 Å². The fourth-order valence-corrected chi connectivity index (χ4v) is 1.31. The second-order valence-corrected chi connectivity index (χ2v) is 4.26. The Labute approximate surface area is 74.7 Å². The summed E-state index contributed by atoms with van der Waals surface area (Å²) < 4.78 is 5.26. The van der Waals surface area contributed by atoms with E-state index in [0.717, 1.165) is 32.6 Å². The van der Waals surface area contributed by atoms with E-state index in [1.54, 1.807) is 0 Å². The van der Waals surface area contributed by atoms with E-state index in [1.165, 1.54) is 0 Å². The summed E-state index contributed by atoms with van der Waals surface area (Å²) in [4.78, 5) is 0. The Kier molecular flexibility index (Phi) is 3.50. The zero-order valence-corrected chi connectivity index (χ0v) is 8.10. The highest BCUT2D eigenvalue weighted by atomic mass is 16.5. The Morgan fingerprint density at radius 1 is 1.42 bits per heavy atom. The van der Waals surface area contributed by atoms with Crippen LogP contribution in [0.4, 0.5) is 0 Å². The molecule has 0 radical (unpaired) electrons. The zero-order chi connectivity index (χ0) is 9.03. The predicted molar refractivity (Wildman–Crippen MR) is 50.1 cm³/mol. The van der Waals surface area contributed by atoms with Gasteiger partial charge in [-0.05, 0) is 26.7 Å². The van der Waals surface area contributed by atoms with Gasteiger partial charge >= 0.3 is 0 Å². The van der Waals surface area contributed by atoms with Gasteiger partial charge in [-0.1, -0.05) is 0 Å². The van der Waals surface area contributed by atoms with E-state index in [2.05, 4.69) is 5.32 Å². The fourth-order valence-electron chi connectivity index (χ4n) is 1.31. The fraction of sp³-hybridized carbons (Fsp3) is 1.00. The molecule has 0 aliphatic carbocycles. The molecule has 72 valence electrons. The summed E-state index contributed by atoms with van der Waals surface area (Å²) in [6, 6.07) is 0.613. The van der Waals surface area contributed by atoms with Crippen LogP contribution in [0.1, 0.15) is 26.7 Å². The first kappa shape index (κ1) is 9.96. The van der Waals surface area contributed by atoms with Crippen molar-refractivity contribution in [1.29, 1.82) is 0 Å². The first-order valence-electron chi connectivity index (χ1n) is 4.68. The topological polar surface area (TPSA) is 47.3 Å². The Morgan fingerprint density at radius 2 is 2.00 bits per heavy atom. The Morgan fingerprint density at radius 3 is 2.50 bits per heavy atom. The van der Waals surface area contributed by atoms with Crippen LogP contribution in [0.25, 0.3) is 0 Å². The number of nitrogens with two attached hydrogens (primary N) is 1. The lowest BCUT2D eigenvalue weighted by atomic mass is 10.0. The molecule has 0 saturated carbocycles. The van der Waals surface area contributed by atoms with E-state index in [1.807, 2.05) is 13.8 Å². The van der Waals surface area contributed by atoms with Crippen LogP contribution in [-0.2, 0) is 4.74 Å². The lowest BCUT2D eigenvalue weighted by Gasteiger charge is -2.27. The Bertz CT molecular complexity index is 125. The van der Waals surface area contributed by atoms with Crippen molar-refractivity contribution in [2.45, 2.75) is 38.3 Å². The van der Waals surface area contributed by atoms with Crippen molar-refractivity contribution in [3.05, 3.63) is 0 Å². The van der Waals surface area contributed by atoms with Crippen molar-refractivity contribution in [1.82, 2.24) is 5.32 Å². The average Bonchev–Trinajstić information content (AvgIpc) is 2.02. The van der Waals surface area contributed by atoms with Gasteiger partial charge in [0.2, 0.25) is 0 Å². The summed E-state index contributed by atoms with van der Waals surface area (Å²) in [7, 11) is 0. The van der Waals surface area contributed by atoms with E-state index in [0.29, 0.717) is 6.04 Å². The van der Waals surface area contributed by atoms with Gasteiger partial charge in [0.05, 0.1) is 0 Å². The van der Waals surface area contributed by atoms with Crippen molar-refractivity contribution in [3.63, 3.8) is 0 Å². The molecule has 0 spiro atoms. The van der Waals surface area contributed by atoms with Crippen LogP contribution >= 0.6 is 0 Å². The minimum atomic E-state index is -0.0989. The van der Waals surface area contributed by atoms with E-state index in [4.69, 9.17) is 10.5 Å². The number of hydrogen-bond donors (Lipinski definition) is 2. The maximum atomic E-state index is 5.86. The largest absolute Gasteiger partial charge is 0.381 e. The Balaban J connectivity index is 2.13. The number of ether oxygens (including phenoxy) is 1. The van der Waals surface area contributed by atoms with Crippen LogP contribution in [0.2, 0.25) is 0 Å². The molecule has 1 rings (SSSR count). The van der Waals surface area contributed by atoms with Crippen LogP contribution in [0.5, 0.6) is 0 Å². The molecule has 12 heavy (non-hydrogen) atoms. The van der Waals surface area contributed by atoms with Crippen molar-refractivity contribution in [3.8, 4) is 0 Å². The van der Waals surface area contributed by atoms with Gasteiger partial charge in [0.15, 0.2) is 0 Å². The lowest BCUT2D eigenvalue weighted by molar-refractivity contribution is 0.0768. The average molecular weight is 172 g/mol. The van der Waals surface area contributed by atoms with Crippen molar-refractivity contribution >= 4 is 0 Å². The minimum Gasteiger partial charge on any atom is -0.381 e. The van der Waals surface area contributed by atoms with Crippen LogP contribution < -0.4 is 11.1 Å². The monoisotopic (exact) mass is 172 g/mol. The van der Waals surface area contributed by atoms with Crippen LogP contribution in [-0.4, -0.2) is 31.3 Å². The third-order valence-electron chi connectivity index (χ3n) is 2.07. The number of rotatable bonds is 3. The third-order valence-corrected chi connectivity index (χ3v) is 2.07. The molecular formula is C9H20N2O. The maximum absolute atomic E-state index is 5.86. The molecule has 1 fully saturated rings. The highest BCUT2D eigenvalue weighted by Crippen LogP contribution is 2.06. The molecule has 0 unspecified atom stereocenters. The number of hydrogen-bond acceptors (Lipinski definition) is 3. The lowest BCUT2D eigenvalue weighted by Crippen LogP contribution is -2.47. The molecule has 3 nitrogen and oxygen atoms in total. The first-order valence-corrected chi connectivity index (χ1v) is 4.68. The van der Waals surface area contributed by atoms with Gasteiger partial charge in [0.1, 0.15) is 0 Å². The summed E-state index contributed by atoms with van der Waals surface area (Å²) in [6.45, 7) is 6.75. The zero-order valence-electron chi connectivity index (χ0n) is 8.10. The van der Waals surface area contributed by atoms with Gasteiger partial charge in [-0.15, -0.1) is 0 Å². The number of nitrogens with one attached hydrogen (secondary N) is 1. The highest BCUT2D eigenvalue weighted by molar-refractivity contribution is 4.79. The van der Waals surface area contributed by atoms with E-state index in [-0.39, 0.29) is 5.54 Å². The smallest absolute Gasteiger partial charge is 0.0480 e. The normalized spacial score (nSPS) is 21.2. The second kappa shape index (κ2) is 4.21. The molecule has 0 atom stereocenters. The van der Waals surface area contributed by atoms with Crippen LogP contribution in [0.15, 0.2) is 0 Å². The highest BCUT2D eigenvalue weighted by Gasteiger charge is 2.16. The van der Waals surface area contributed by atoms with Gasteiger partial charge in [-0.3, -0.25) is 0 Å². The van der Waals surface area contributed by atoms with Gasteiger partial charge in [0.25, 0.3) is 0 Å². The molecule has 0 amide bonds. The molecule has 1 aliphatic heterocycles. The summed E-state index contributed by atoms with van der Waals surface area (Å²) in [5, 5.41) is 3.46. The summed E-state index contributed by atoms with van der Waals surface area (Å²) >= 11 is 0. The maximum Gasteiger partial charge on any atom is 0.0480 e. The van der Waals surface area contributed by atoms with Crippen molar-refractivity contribution in [2.75, 3.05) is 19.8 Å². The molecule has 0 aromatic carbocycles. The third kappa shape index (κ3) is 4.04. The predicted octanol–water partition coefficient (Wildman–Crippen LogP) is 0.492. The summed E-state index contributed by atoms with van der Waals surface area (Å²) in [5.74, 6) is 0. The molecule has 0 aromatic rings. The minimum absolute atomic E-state index is 0.0989. The molecule has 0 bridgehead atoms. The SMILES string of the molecule is CC(C)(N)CNC1CCOCC1. The van der Waals surface area contributed by atoms with E-state index < -0.39 is 0 Å². The van der Waals surface area contributed by atoms with Gasteiger partial charge in [-0.2, -0.15) is 0 Å². The second-order valence-electron chi connectivity index (χ2n) is 4.26. The first-order chi connectivity index (χ1) is 5.58. The van der Waals surface area contributed by atoms with Crippen LogP contribution in [0, 0.1) is 0 Å². The van der Waals surface area contributed by atoms with Gasteiger partial charge < -0.3 is 15.8 Å². The molecule has 1 saturated heterocycles. The standard InChI is InChI=1S/C9H20N2O/c1-9(2,10)7-11-8-3-5-12-6-4-8/h8,11H,3-7,10H2,1-2H3. The molecule has 1 heterocycles. The van der Waals surface area contributed by atoms with Crippen LogP contribution in [0.3, 0.4) is 0 Å². The molecule has 3 N–H and O–H groups in total. The Hall–Kier alpha value is -0.120. The summed E-state index contributed by atoms with van der Waals surface area (Å²) in [6.07, 6.45) is 2.24. The quantitative estimate of drug-likeness (QED) is 0.651. The molecule has 3 heteroatoms. The van der Waals surface area contributed by atoms with Gasteiger partial charge in [0, 0.05) is 31.3 Å². The molecular weight excluding hydrogens is 152 g/mol. The van der Waals surface area contributed by atoms with Gasteiger partial charge in [-0.25, -0.2) is 0 Å². The summed E-state index contributed by atoms with van der Waals surface area (Å²) in [5.41, 5.74) is 5.76.